The second-order valence-electron chi connectivity index (χ2n) is 2.45. The number of ether oxygens (including phenoxy) is 1. The van der Waals surface area contributed by atoms with Gasteiger partial charge in [0.25, 0.3) is 0 Å². The van der Waals surface area contributed by atoms with E-state index >= 15 is 0 Å². The van der Waals surface area contributed by atoms with Crippen molar-refractivity contribution in [1.82, 2.24) is 0 Å². The molecule has 4 heteroatoms. The molecule has 1 aromatic carbocycles. The van der Waals surface area contributed by atoms with Crippen molar-refractivity contribution in [3.63, 3.8) is 0 Å². The van der Waals surface area contributed by atoms with Crippen molar-refractivity contribution < 1.29 is 9.13 Å². The Morgan fingerprint density at radius 2 is 2.23 bits per heavy atom. The molecule has 0 aliphatic carbocycles. The summed E-state index contributed by atoms with van der Waals surface area (Å²) in [6, 6.07) is 5.96. The molecular weight excluding hydrogens is 171 g/mol. The van der Waals surface area contributed by atoms with Crippen LogP contribution in [0, 0.1) is 17.1 Å². The Kier molecular flexibility index (Phi) is 3.23. The first-order chi connectivity index (χ1) is 6.26. The van der Waals surface area contributed by atoms with Gasteiger partial charge in [-0.15, -0.1) is 0 Å². The van der Waals surface area contributed by atoms with Gasteiger partial charge in [-0.25, -0.2) is 4.39 Å². The normalized spacial score (nSPS) is 9.31. The maximum Gasteiger partial charge on any atom is 0.174 e. The number of benzene rings is 1. The van der Waals surface area contributed by atoms with Crippen LogP contribution in [0.1, 0.15) is 5.56 Å². The lowest BCUT2D eigenvalue weighted by Crippen LogP contribution is -1.99. The quantitative estimate of drug-likeness (QED) is 0.759. The maximum absolute atomic E-state index is 12.8. The van der Waals surface area contributed by atoms with Crippen molar-refractivity contribution in [3.8, 4) is 11.8 Å². The van der Waals surface area contributed by atoms with E-state index in [1.54, 1.807) is 12.1 Å². The molecule has 2 N–H and O–H groups in total. The summed E-state index contributed by atoms with van der Waals surface area (Å²) in [6.45, 7) is 0.161. The molecule has 0 bridgehead atoms. The van der Waals surface area contributed by atoms with Gasteiger partial charge < -0.3 is 10.5 Å². The molecule has 0 aliphatic heterocycles. The topological polar surface area (TPSA) is 59.0 Å². The van der Waals surface area contributed by atoms with Gasteiger partial charge in [0.2, 0.25) is 0 Å². The molecule has 0 saturated carbocycles. The minimum Gasteiger partial charge on any atom is -0.479 e. The molecule has 0 fully saturated rings. The van der Waals surface area contributed by atoms with Crippen molar-refractivity contribution in [3.05, 3.63) is 29.6 Å². The maximum atomic E-state index is 12.8. The van der Waals surface area contributed by atoms with Gasteiger partial charge in [0.05, 0.1) is 0 Å². The molecule has 0 heterocycles. The fourth-order valence-corrected chi connectivity index (χ4v) is 0.938. The first kappa shape index (κ1) is 9.49. The third-order valence-corrected chi connectivity index (χ3v) is 1.47. The second-order valence-corrected chi connectivity index (χ2v) is 2.45. The lowest BCUT2D eigenvalue weighted by atomic mass is 10.2. The lowest BCUT2D eigenvalue weighted by Gasteiger charge is -2.03. The number of nitrogens with zero attached hydrogens (tertiary/aromatic N) is 1. The Balaban J connectivity index is 2.83. The molecule has 68 valence electrons. The molecule has 13 heavy (non-hydrogen) atoms. The molecule has 0 amide bonds. The van der Waals surface area contributed by atoms with Crippen LogP contribution in [-0.2, 0) is 6.54 Å². The van der Waals surface area contributed by atoms with Gasteiger partial charge in [-0.05, 0) is 17.7 Å². The zero-order chi connectivity index (χ0) is 9.68. The molecule has 0 aliphatic rings. The fraction of sp³-hybridized carbons (Fsp3) is 0.222. The van der Waals surface area contributed by atoms with Gasteiger partial charge in [0.1, 0.15) is 17.6 Å². The van der Waals surface area contributed by atoms with Crippen LogP contribution in [0.15, 0.2) is 18.2 Å². The molecule has 1 aromatic rings. The largest absolute Gasteiger partial charge is 0.479 e. The Hall–Kier alpha value is -1.60. The summed E-state index contributed by atoms with van der Waals surface area (Å²) in [4.78, 5) is 0. The standard InChI is InChI=1S/C9H9FN2O/c10-8-3-7(6-12)4-9(5-8)13-2-1-11/h3-5H,2,6,12H2. The highest BCUT2D eigenvalue weighted by atomic mass is 19.1. The highest BCUT2D eigenvalue weighted by Crippen LogP contribution is 2.15. The van der Waals surface area contributed by atoms with Crippen LogP contribution in [0.25, 0.3) is 0 Å². The van der Waals surface area contributed by atoms with Crippen molar-refractivity contribution >= 4 is 0 Å². The predicted molar refractivity (Wildman–Crippen MR) is 45.4 cm³/mol. The van der Waals surface area contributed by atoms with Crippen molar-refractivity contribution in [2.75, 3.05) is 6.61 Å². The van der Waals surface area contributed by atoms with Crippen LogP contribution in [0.2, 0.25) is 0 Å². The van der Waals surface area contributed by atoms with Crippen LogP contribution in [0.5, 0.6) is 5.75 Å². The summed E-state index contributed by atoms with van der Waals surface area (Å²) in [5.41, 5.74) is 5.98. The fourth-order valence-electron chi connectivity index (χ4n) is 0.938. The number of halogens is 1. The molecule has 3 nitrogen and oxygen atoms in total. The van der Waals surface area contributed by atoms with E-state index in [0.29, 0.717) is 11.3 Å². The minimum absolute atomic E-state index is 0.0898. The minimum atomic E-state index is -0.407. The van der Waals surface area contributed by atoms with Crippen LogP contribution in [-0.4, -0.2) is 6.61 Å². The number of hydrogen-bond donors (Lipinski definition) is 1. The van der Waals surface area contributed by atoms with E-state index in [4.69, 9.17) is 15.7 Å². The van der Waals surface area contributed by atoms with Crippen molar-refractivity contribution in [1.29, 1.82) is 5.26 Å². The SMILES string of the molecule is N#CCOc1cc(F)cc(CN)c1. The summed E-state index contributed by atoms with van der Waals surface area (Å²) < 4.78 is 17.7. The van der Waals surface area contributed by atoms with E-state index in [1.807, 2.05) is 0 Å². The monoisotopic (exact) mass is 180 g/mol. The number of hydrogen-bond acceptors (Lipinski definition) is 3. The van der Waals surface area contributed by atoms with Gasteiger partial charge in [-0.2, -0.15) is 5.26 Å². The predicted octanol–water partition coefficient (Wildman–Crippen LogP) is 1.19. The molecular formula is C9H9FN2O. The third kappa shape index (κ3) is 2.73. The van der Waals surface area contributed by atoms with E-state index in [1.165, 1.54) is 12.1 Å². The molecule has 0 radical (unpaired) electrons. The molecule has 0 atom stereocenters. The summed E-state index contributed by atoms with van der Waals surface area (Å²) in [6.07, 6.45) is 0. The van der Waals surface area contributed by atoms with Gasteiger partial charge in [-0.3, -0.25) is 0 Å². The van der Waals surface area contributed by atoms with Gasteiger partial charge >= 0.3 is 0 Å². The average molecular weight is 180 g/mol. The van der Waals surface area contributed by atoms with Crippen molar-refractivity contribution in [2.24, 2.45) is 5.73 Å². The van der Waals surface area contributed by atoms with Crippen LogP contribution in [0.4, 0.5) is 4.39 Å². The van der Waals surface area contributed by atoms with E-state index in [9.17, 15) is 4.39 Å². The number of rotatable bonds is 3. The Bertz CT molecular complexity index is 333. The molecule has 0 aromatic heterocycles. The Morgan fingerprint density at radius 3 is 2.85 bits per heavy atom. The van der Waals surface area contributed by atoms with Gasteiger partial charge in [0, 0.05) is 12.6 Å². The first-order valence-electron chi connectivity index (χ1n) is 3.75. The van der Waals surface area contributed by atoms with Gasteiger partial charge in [-0.1, -0.05) is 0 Å². The smallest absolute Gasteiger partial charge is 0.174 e. The summed E-state index contributed by atoms with van der Waals surface area (Å²) in [7, 11) is 0. The zero-order valence-corrected chi connectivity index (χ0v) is 6.96. The highest BCUT2D eigenvalue weighted by molar-refractivity contribution is 5.29. The van der Waals surface area contributed by atoms with E-state index in [0.717, 1.165) is 0 Å². The van der Waals surface area contributed by atoms with Crippen LogP contribution >= 0.6 is 0 Å². The molecule has 0 saturated heterocycles. The Labute approximate surface area is 75.5 Å². The molecule has 0 unspecified atom stereocenters. The van der Waals surface area contributed by atoms with Crippen LogP contribution in [0.3, 0.4) is 0 Å². The second kappa shape index (κ2) is 4.43. The van der Waals surface area contributed by atoms with E-state index in [-0.39, 0.29) is 13.2 Å². The van der Waals surface area contributed by atoms with Crippen molar-refractivity contribution in [2.45, 2.75) is 6.54 Å². The van der Waals surface area contributed by atoms with Gasteiger partial charge in [0.15, 0.2) is 6.61 Å². The first-order valence-corrected chi connectivity index (χ1v) is 3.75. The third-order valence-electron chi connectivity index (χ3n) is 1.47. The number of nitriles is 1. The molecule has 0 spiro atoms. The summed E-state index contributed by atoms with van der Waals surface area (Å²) in [5, 5.41) is 8.23. The summed E-state index contributed by atoms with van der Waals surface area (Å²) >= 11 is 0. The van der Waals surface area contributed by atoms with E-state index < -0.39 is 5.82 Å². The van der Waals surface area contributed by atoms with E-state index in [2.05, 4.69) is 0 Å². The lowest BCUT2D eigenvalue weighted by molar-refractivity contribution is 0.365. The molecule has 1 rings (SSSR count). The van der Waals surface area contributed by atoms with Crippen LogP contribution < -0.4 is 10.5 Å². The Morgan fingerprint density at radius 1 is 1.46 bits per heavy atom. The zero-order valence-electron chi connectivity index (χ0n) is 6.96. The highest BCUT2D eigenvalue weighted by Gasteiger charge is 1.99. The average Bonchev–Trinajstić information content (AvgIpc) is 2.14. The summed E-state index contributed by atoms with van der Waals surface area (Å²) in [5.74, 6) is -0.0714. The number of nitrogens with two attached hydrogens (primary N) is 1.